The number of hydrogen-bond acceptors (Lipinski definition) is 4. The summed E-state index contributed by atoms with van der Waals surface area (Å²) < 4.78 is 0. The molecule has 136 valence electrons. The molecule has 2 heterocycles. The van der Waals surface area contributed by atoms with Gasteiger partial charge in [-0.15, -0.1) is 0 Å². The van der Waals surface area contributed by atoms with Gasteiger partial charge in [0.15, 0.2) is 0 Å². The molecule has 3 rings (SSSR count). The summed E-state index contributed by atoms with van der Waals surface area (Å²) in [7, 11) is 0. The summed E-state index contributed by atoms with van der Waals surface area (Å²) in [5, 5.41) is 18.0. The minimum atomic E-state index is -0.356. The fourth-order valence-corrected chi connectivity index (χ4v) is 4.10. The number of halogens is 1. The largest absolute Gasteiger partial charge is 0.336 e. The van der Waals surface area contributed by atoms with Crippen molar-refractivity contribution in [2.45, 2.75) is 31.7 Å². The highest BCUT2D eigenvalue weighted by Crippen LogP contribution is 2.28. The van der Waals surface area contributed by atoms with Crippen molar-refractivity contribution in [3.63, 3.8) is 0 Å². The van der Waals surface area contributed by atoms with Gasteiger partial charge in [0.1, 0.15) is 0 Å². The zero-order valence-corrected chi connectivity index (χ0v) is 14.8. The molecule has 0 radical (unpaired) electrons. The molecule has 0 spiro atoms. The topological polar surface area (TPSA) is 87.5 Å². The van der Waals surface area contributed by atoms with Gasteiger partial charge in [-0.3, -0.25) is 10.1 Å². The van der Waals surface area contributed by atoms with Crippen LogP contribution < -0.4 is 10.6 Å². The third kappa shape index (κ3) is 4.22. The fraction of sp³-hybridized carbons (Fsp3) is 0.588. The lowest BCUT2D eigenvalue weighted by Gasteiger charge is -2.37. The van der Waals surface area contributed by atoms with E-state index in [1.807, 2.05) is 4.90 Å². The average Bonchev–Trinajstić information content (AvgIpc) is 3.01. The zero-order valence-electron chi connectivity index (χ0n) is 14.0. The molecule has 2 unspecified atom stereocenters. The number of nitro groups is 1. The summed E-state index contributed by atoms with van der Waals surface area (Å²) >= 11 is 5.99. The molecule has 2 amide bonds. The maximum atomic E-state index is 12.0. The summed E-state index contributed by atoms with van der Waals surface area (Å²) in [6.45, 7) is 3.28. The standard InChI is InChI=1S/C17H23ClN4O3/c18-14-4-5-16(22(24)25)12(10-14)2-1-3-13-11-19-7-6-15(13)21-9-8-20-17(21)23/h4-5,10,13,15,19H,1-3,6-9,11H2,(H,20,23). The lowest BCUT2D eigenvalue weighted by atomic mass is 9.87. The predicted molar refractivity (Wildman–Crippen MR) is 95.9 cm³/mol. The second-order valence-electron chi connectivity index (χ2n) is 6.67. The second-order valence-corrected chi connectivity index (χ2v) is 7.10. The van der Waals surface area contributed by atoms with Gasteiger partial charge in [0.2, 0.25) is 0 Å². The number of carbonyl (C=O) groups excluding carboxylic acids is 1. The molecule has 8 heteroatoms. The predicted octanol–water partition coefficient (Wildman–Crippen LogP) is 2.57. The SMILES string of the molecule is O=C1NCCN1C1CCNCC1CCCc1cc(Cl)ccc1[N+](=O)[O-]. The number of nitro benzene ring substituents is 1. The van der Waals surface area contributed by atoms with E-state index in [0.29, 0.717) is 29.5 Å². The summed E-state index contributed by atoms with van der Waals surface area (Å²) in [5.41, 5.74) is 0.804. The van der Waals surface area contributed by atoms with Crippen LogP contribution in [-0.2, 0) is 6.42 Å². The van der Waals surface area contributed by atoms with E-state index < -0.39 is 0 Å². The van der Waals surface area contributed by atoms with Crippen LogP contribution in [0.1, 0.15) is 24.8 Å². The Kier molecular flexibility index (Phi) is 5.75. The smallest absolute Gasteiger partial charge is 0.317 e. The van der Waals surface area contributed by atoms with Gasteiger partial charge >= 0.3 is 6.03 Å². The maximum absolute atomic E-state index is 12.0. The second kappa shape index (κ2) is 8.01. The van der Waals surface area contributed by atoms with Gasteiger partial charge in [-0.2, -0.15) is 0 Å². The molecule has 2 fully saturated rings. The average molecular weight is 367 g/mol. The van der Waals surface area contributed by atoms with Crippen LogP contribution in [0, 0.1) is 16.0 Å². The Morgan fingerprint density at radius 1 is 1.36 bits per heavy atom. The Balaban J connectivity index is 1.61. The van der Waals surface area contributed by atoms with Crippen molar-refractivity contribution in [3.05, 3.63) is 38.9 Å². The van der Waals surface area contributed by atoms with Gasteiger partial charge in [0.25, 0.3) is 5.69 Å². The van der Waals surface area contributed by atoms with Gasteiger partial charge in [-0.05, 0) is 56.8 Å². The van der Waals surface area contributed by atoms with Crippen molar-refractivity contribution < 1.29 is 9.72 Å². The van der Waals surface area contributed by atoms with Crippen molar-refractivity contribution in [2.24, 2.45) is 5.92 Å². The first kappa shape index (κ1) is 17.9. The van der Waals surface area contributed by atoms with Crippen LogP contribution in [-0.4, -0.2) is 48.1 Å². The highest BCUT2D eigenvalue weighted by molar-refractivity contribution is 6.30. The summed E-state index contributed by atoms with van der Waals surface area (Å²) in [4.78, 5) is 24.7. The van der Waals surface area contributed by atoms with Crippen LogP contribution in [0.2, 0.25) is 5.02 Å². The number of benzene rings is 1. The van der Waals surface area contributed by atoms with E-state index in [-0.39, 0.29) is 22.7 Å². The number of carbonyl (C=O) groups is 1. The Morgan fingerprint density at radius 3 is 2.92 bits per heavy atom. The molecule has 2 aliphatic rings. The molecule has 0 saturated carbocycles. The molecule has 2 aliphatic heterocycles. The van der Waals surface area contributed by atoms with Crippen molar-refractivity contribution in [1.82, 2.24) is 15.5 Å². The van der Waals surface area contributed by atoms with E-state index in [1.165, 1.54) is 6.07 Å². The van der Waals surface area contributed by atoms with E-state index in [2.05, 4.69) is 10.6 Å². The molecule has 0 aliphatic carbocycles. The lowest BCUT2D eigenvalue weighted by Crippen LogP contribution is -2.50. The number of nitrogens with zero attached hydrogens (tertiary/aromatic N) is 2. The minimum absolute atomic E-state index is 0.0300. The maximum Gasteiger partial charge on any atom is 0.317 e. The van der Waals surface area contributed by atoms with E-state index in [4.69, 9.17) is 11.6 Å². The number of rotatable bonds is 6. The van der Waals surface area contributed by atoms with Crippen LogP contribution in [0.3, 0.4) is 0 Å². The van der Waals surface area contributed by atoms with Crippen LogP contribution in [0.25, 0.3) is 0 Å². The van der Waals surface area contributed by atoms with Crippen LogP contribution in [0.4, 0.5) is 10.5 Å². The first-order chi connectivity index (χ1) is 12.1. The van der Waals surface area contributed by atoms with E-state index >= 15 is 0 Å². The van der Waals surface area contributed by atoms with Crippen molar-refractivity contribution in [2.75, 3.05) is 26.2 Å². The zero-order chi connectivity index (χ0) is 17.8. The number of urea groups is 1. The number of hydrogen-bond donors (Lipinski definition) is 2. The molecule has 2 saturated heterocycles. The number of nitrogens with one attached hydrogen (secondary N) is 2. The van der Waals surface area contributed by atoms with E-state index in [0.717, 1.165) is 38.9 Å². The number of amides is 2. The Bertz CT molecular complexity index is 655. The molecule has 1 aromatic rings. The molecule has 0 bridgehead atoms. The Labute approximate surface area is 151 Å². The third-order valence-corrected chi connectivity index (χ3v) is 5.35. The highest BCUT2D eigenvalue weighted by atomic mass is 35.5. The van der Waals surface area contributed by atoms with Crippen LogP contribution >= 0.6 is 11.6 Å². The van der Waals surface area contributed by atoms with Crippen molar-refractivity contribution in [3.8, 4) is 0 Å². The van der Waals surface area contributed by atoms with Gasteiger partial charge < -0.3 is 15.5 Å². The molecule has 2 N–H and O–H groups in total. The molecular formula is C17H23ClN4O3. The van der Waals surface area contributed by atoms with Gasteiger partial charge in [0, 0.05) is 35.8 Å². The van der Waals surface area contributed by atoms with E-state index in [1.54, 1.807) is 12.1 Å². The fourth-order valence-electron chi connectivity index (χ4n) is 3.90. The monoisotopic (exact) mass is 366 g/mol. The van der Waals surface area contributed by atoms with Crippen LogP contribution in [0.5, 0.6) is 0 Å². The first-order valence-corrected chi connectivity index (χ1v) is 9.12. The normalized spacial score (nSPS) is 23.6. The molecule has 1 aromatic carbocycles. The van der Waals surface area contributed by atoms with Crippen LogP contribution in [0.15, 0.2) is 18.2 Å². The summed E-state index contributed by atoms with van der Waals surface area (Å²) in [6, 6.07) is 4.98. The van der Waals surface area contributed by atoms with Gasteiger partial charge in [0.05, 0.1) is 4.92 Å². The summed E-state index contributed by atoms with van der Waals surface area (Å²) in [6.07, 6.45) is 3.33. The quantitative estimate of drug-likeness (QED) is 0.598. The Hall–Kier alpha value is -1.86. The van der Waals surface area contributed by atoms with Gasteiger partial charge in [-0.1, -0.05) is 11.6 Å². The molecule has 7 nitrogen and oxygen atoms in total. The molecular weight excluding hydrogens is 344 g/mol. The molecule has 0 aromatic heterocycles. The summed E-state index contributed by atoms with van der Waals surface area (Å²) in [5.74, 6) is 0.371. The van der Waals surface area contributed by atoms with E-state index in [9.17, 15) is 14.9 Å². The number of piperidine rings is 1. The molecule has 2 atom stereocenters. The minimum Gasteiger partial charge on any atom is -0.336 e. The highest BCUT2D eigenvalue weighted by Gasteiger charge is 2.34. The lowest BCUT2D eigenvalue weighted by molar-refractivity contribution is -0.385. The first-order valence-electron chi connectivity index (χ1n) is 8.74. The Morgan fingerprint density at radius 2 is 2.20 bits per heavy atom. The third-order valence-electron chi connectivity index (χ3n) is 5.12. The van der Waals surface area contributed by atoms with Crippen molar-refractivity contribution in [1.29, 1.82) is 0 Å². The van der Waals surface area contributed by atoms with Gasteiger partial charge in [-0.25, -0.2) is 4.79 Å². The number of aryl methyl sites for hydroxylation is 1. The van der Waals surface area contributed by atoms with Crippen molar-refractivity contribution >= 4 is 23.3 Å². The molecule has 25 heavy (non-hydrogen) atoms.